The predicted octanol–water partition coefficient (Wildman–Crippen LogP) is -6.85. The van der Waals surface area contributed by atoms with E-state index in [1.165, 1.54) is 33.3 Å². The molecule has 8 amide bonds. The number of nitrogens with one attached hydrogen (secondary N) is 8. The number of amides is 8. The molecule has 342 valence electrons. The minimum atomic E-state index is -1.70. The molecule has 0 unspecified atom stereocenters. The van der Waals surface area contributed by atoms with Gasteiger partial charge < -0.3 is 80.5 Å². The third kappa shape index (κ3) is 18.6. The van der Waals surface area contributed by atoms with Crippen LogP contribution in [-0.4, -0.2) is 152 Å². The monoisotopic (exact) mass is 868 g/mol. The highest BCUT2D eigenvalue weighted by Crippen LogP contribution is 2.10. The van der Waals surface area contributed by atoms with Crippen molar-refractivity contribution < 1.29 is 58.5 Å². The van der Waals surface area contributed by atoms with Gasteiger partial charge in [0.2, 0.25) is 47.3 Å². The molecule has 0 saturated carbocycles. The number of nitrogens with two attached hydrogens (primary N) is 4. The summed E-state index contributed by atoms with van der Waals surface area (Å²) in [6, 6.07) is -11.7. The number of primary amides is 1. The van der Waals surface area contributed by atoms with Crippen LogP contribution in [0.4, 0.5) is 0 Å². The Bertz CT molecular complexity index is 1700. The number of carbonyl (C=O) groups excluding carboxylic acids is 8. The lowest BCUT2D eigenvalue weighted by Gasteiger charge is -2.29. The first-order chi connectivity index (χ1) is 28.5. The molecule has 0 radical (unpaired) electrons. The topological polar surface area (TPSA) is 444 Å². The fourth-order valence-electron chi connectivity index (χ4n) is 5.31. The van der Waals surface area contributed by atoms with E-state index >= 15 is 0 Å². The van der Waals surface area contributed by atoms with E-state index in [2.05, 4.69) is 52.2 Å². The Morgan fingerprint density at radius 2 is 1.28 bits per heavy atom. The van der Waals surface area contributed by atoms with Gasteiger partial charge in [0, 0.05) is 24.9 Å². The molecule has 0 bridgehead atoms. The van der Waals surface area contributed by atoms with Gasteiger partial charge in [0.1, 0.15) is 42.3 Å². The van der Waals surface area contributed by atoms with Crippen LogP contribution in [0.2, 0.25) is 0 Å². The van der Waals surface area contributed by atoms with E-state index < -0.39 is 127 Å². The van der Waals surface area contributed by atoms with Crippen LogP contribution >= 0.6 is 0 Å². The zero-order chi connectivity index (χ0) is 46.6. The summed E-state index contributed by atoms with van der Waals surface area (Å²) in [4.78, 5) is 126. The van der Waals surface area contributed by atoms with Crippen LogP contribution in [0.5, 0.6) is 0 Å². The highest BCUT2D eigenvalue weighted by Gasteiger charge is 2.36. The number of aliphatic hydroxyl groups is 2. The van der Waals surface area contributed by atoms with Crippen LogP contribution in [0.1, 0.15) is 66.0 Å². The minimum Gasteiger partial charge on any atom is -0.480 e. The Kier molecular flexibility index (Phi) is 22.4. The maximum absolute atomic E-state index is 13.6. The van der Waals surface area contributed by atoms with E-state index in [1.54, 1.807) is 13.8 Å². The Morgan fingerprint density at radius 3 is 1.79 bits per heavy atom. The molecule has 1 rings (SSSR count). The van der Waals surface area contributed by atoms with Gasteiger partial charge in [0.05, 0.1) is 31.5 Å². The second kappa shape index (κ2) is 25.9. The van der Waals surface area contributed by atoms with E-state index in [9.17, 15) is 58.5 Å². The van der Waals surface area contributed by atoms with E-state index in [1.807, 2.05) is 0 Å². The van der Waals surface area contributed by atoms with Gasteiger partial charge in [-0.3, -0.25) is 43.3 Å². The van der Waals surface area contributed by atoms with Gasteiger partial charge in [0.15, 0.2) is 5.96 Å². The molecule has 1 aromatic heterocycles. The van der Waals surface area contributed by atoms with Gasteiger partial charge >= 0.3 is 5.97 Å². The molecule has 0 saturated heterocycles. The molecular weight excluding hydrogens is 808 g/mol. The van der Waals surface area contributed by atoms with E-state index in [0.29, 0.717) is 12.1 Å². The van der Waals surface area contributed by atoms with Crippen molar-refractivity contribution in [3.63, 3.8) is 0 Å². The Hall–Kier alpha value is -6.41. The number of aromatic amines is 1. The van der Waals surface area contributed by atoms with Crippen molar-refractivity contribution in [2.24, 2.45) is 33.8 Å². The maximum atomic E-state index is 13.6. The maximum Gasteiger partial charge on any atom is 0.326 e. The summed E-state index contributed by atoms with van der Waals surface area (Å²) in [5, 5.41) is 46.2. The summed E-state index contributed by atoms with van der Waals surface area (Å²) in [7, 11) is 0. The molecule has 0 spiro atoms. The number of aromatic nitrogens is 2. The number of hydrogen-bond acceptors (Lipinski definition) is 14. The summed E-state index contributed by atoms with van der Waals surface area (Å²) in [5.74, 6) is -10.1. The molecular formula is C35H60N14O12. The SMILES string of the molecule is CC[C@H](C)[C@H](NC(=O)[C@H](CO)NC(=O)[C@H](C)N)C(=O)N[C@H](C(=O)N[C@@H](C)C(=O)N[C@@H](CCCN=C(N)N)C(=O)N[C@@H](CC(N)=O)C(=O)N[C@@H](Cc1cnc[nH]1)C(=O)O)[C@@H](C)O. The van der Waals surface area contributed by atoms with Crippen molar-refractivity contribution in [2.45, 2.75) is 121 Å². The molecule has 19 N–H and O–H groups in total. The van der Waals surface area contributed by atoms with Crippen molar-refractivity contribution in [3.05, 3.63) is 18.2 Å². The number of carboxylic acids is 1. The largest absolute Gasteiger partial charge is 0.480 e. The number of hydrogen-bond donors (Lipinski definition) is 15. The summed E-state index contributed by atoms with van der Waals surface area (Å²) < 4.78 is 0. The summed E-state index contributed by atoms with van der Waals surface area (Å²) in [6.07, 6.45) is 0.307. The van der Waals surface area contributed by atoms with Crippen LogP contribution in [-0.2, 0) is 49.6 Å². The highest BCUT2D eigenvalue weighted by molar-refractivity contribution is 5.98. The number of guanidine groups is 1. The lowest BCUT2D eigenvalue weighted by molar-refractivity contribution is -0.142. The number of rotatable bonds is 27. The molecule has 1 aromatic rings. The van der Waals surface area contributed by atoms with Crippen molar-refractivity contribution in [1.82, 2.24) is 47.2 Å². The summed E-state index contributed by atoms with van der Waals surface area (Å²) in [6.45, 7) is 6.20. The van der Waals surface area contributed by atoms with Gasteiger partial charge in [0.25, 0.3) is 0 Å². The first-order valence-electron chi connectivity index (χ1n) is 19.2. The average Bonchev–Trinajstić information content (AvgIpc) is 3.70. The van der Waals surface area contributed by atoms with E-state index in [0.717, 1.165) is 0 Å². The number of carbonyl (C=O) groups is 9. The van der Waals surface area contributed by atoms with Crippen molar-refractivity contribution in [1.29, 1.82) is 0 Å². The van der Waals surface area contributed by atoms with Crippen molar-refractivity contribution in [2.75, 3.05) is 13.2 Å². The van der Waals surface area contributed by atoms with Crippen LogP contribution < -0.4 is 60.2 Å². The first-order valence-corrected chi connectivity index (χ1v) is 19.2. The summed E-state index contributed by atoms with van der Waals surface area (Å²) >= 11 is 0. The van der Waals surface area contributed by atoms with Crippen molar-refractivity contribution >= 4 is 59.2 Å². The Balaban J connectivity index is 3.22. The van der Waals surface area contributed by atoms with Crippen LogP contribution in [0, 0.1) is 5.92 Å². The number of aliphatic carboxylic acids is 1. The molecule has 10 atom stereocenters. The van der Waals surface area contributed by atoms with E-state index in [4.69, 9.17) is 22.9 Å². The summed E-state index contributed by atoms with van der Waals surface area (Å²) in [5.41, 5.74) is 21.9. The second-order valence-electron chi connectivity index (χ2n) is 14.3. The smallest absolute Gasteiger partial charge is 0.326 e. The molecule has 61 heavy (non-hydrogen) atoms. The van der Waals surface area contributed by atoms with Gasteiger partial charge in [-0.25, -0.2) is 9.78 Å². The molecule has 26 nitrogen and oxygen atoms in total. The van der Waals surface area contributed by atoms with Crippen LogP contribution in [0.3, 0.4) is 0 Å². The van der Waals surface area contributed by atoms with Crippen LogP contribution in [0.15, 0.2) is 17.5 Å². The van der Waals surface area contributed by atoms with Crippen molar-refractivity contribution in [3.8, 4) is 0 Å². The fourth-order valence-corrected chi connectivity index (χ4v) is 5.31. The first kappa shape index (κ1) is 52.6. The molecule has 0 aliphatic heterocycles. The van der Waals surface area contributed by atoms with Gasteiger partial charge in [-0.05, 0) is 39.5 Å². The molecule has 0 aliphatic carbocycles. The normalized spacial score (nSPS) is 15.9. The fraction of sp³-hybridized carbons (Fsp3) is 0.629. The quantitative estimate of drug-likeness (QED) is 0.0222. The standard InChI is InChI=1S/C35H60N14O12/c1-6-15(2)25(48-31(57)23(13-50)47-27(53)16(3)36)32(58)49-26(18(5)51)33(59)43-17(4)28(54)44-20(8-7-9-41-35(38)39)29(55)45-21(11-24(37)52)30(56)46-22(34(60)61)10-19-12-40-14-42-19/h12,14-18,20-23,25-26,50-51H,6-11,13,36H2,1-5H3,(H2,37,52)(H,40,42)(H,43,59)(H,44,54)(H,45,55)(H,46,56)(H,47,53)(H,48,57)(H,49,58)(H,60,61)(H4,38,39,41)/t15-,16-,17-,18+,20-,21-,22-,23-,25-,26-/m0/s1. The van der Waals surface area contributed by atoms with Gasteiger partial charge in [-0.1, -0.05) is 20.3 Å². The third-order valence-corrected chi connectivity index (χ3v) is 9.05. The molecule has 0 aromatic carbocycles. The number of carboxylic acid groups (broad SMARTS) is 1. The Morgan fingerprint density at radius 1 is 0.738 bits per heavy atom. The zero-order valence-electron chi connectivity index (χ0n) is 34.6. The average molecular weight is 869 g/mol. The zero-order valence-corrected chi connectivity index (χ0v) is 34.6. The molecule has 26 heteroatoms. The number of imidazole rings is 1. The molecule has 0 fully saturated rings. The third-order valence-electron chi connectivity index (χ3n) is 9.05. The number of H-pyrrole nitrogens is 1. The van der Waals surface area contributed by atoms with Gasteiger partial charge in [-0.15, -0.1) is 0 Å². The minimum absolute atomic E-state index is 0.0105. The second-order valence-corrected chi connectivity index (χ2v) is 14.3. The number of nitrogens with zero attached hydrogens (tertiary/aromatic N) is 2. The predicted molar refractivity (Wildman–Crippen MR) is 215 cm³/mol. The number of aliphatic hydroxyl groups excluding tert-OH is 2. The lowest BCUT2D eigenvalue weighted by atomic mass is 9.97. The molecule has 0 aliphatic rings. The van der Waals surface area contributed by atoms with Crippen LogP contribution in [0.25, 0.3) is 0 Å². The van der Waals surface area contributed by atoms with E-state index in [-0.39, 0.29) is 31.8 Å². The highest BCUT2D eigenvalue weighted by atomic mass is 16.4. The van der Waals surface area contributed by atoms with Gasteiger partial charge in [-0.2, -0.15) is 0 Å². The molecule has 1 heterocycles. The Labute approximate surface area is 350 Å². The number of aliphatic imine (C=N–C) groups is 1. The lowest BCUT2D eigenvalue weighted by Crippen LogP contribution is -2.62.